The smallest absolute Gasteiger partial charge is 0.376 e. The minimum atomic E-state index is -0.494. The highest BCUT2D eigenvalue weighted by Crippen LogP contribution is 2.31. The highest BCUT2D eigenvalue weighted by molar-refractivity contribution is 6.31. The molecule has 5 nitrogen and oxygen atoms in total. The molecule has 132 valence electrons. The highest BCUT2D eigenvalue weighted by Gasteiger charge is 2.44. The van der Waals surface area contributed by atoms with Crippen molar-refractivity contribution in [3.63, 3.8) is 0 Å². The van der Waals surface area contributed by atoms with Crippen molar-refractivity contribution in [1.29, 1.82) is 0 Å². The molecule has 0 radical (unpaired) electrons. The van der Waals surface area contributed by atoms with Gasteiger partial charge >= 0.3 is 11.9 Å². The molecular weight excluding hydrogens is 342 g/mol. The summed E-state index contributed by atoms with van der Waals surface area (Å²) in [6.07, 6.45) is 2.18. The first-order valence-electron chi connectivity index (χ1n) is 8.37. The minimum Gasteiger partial charge on any atom is -0.464 e. The van der Waals surface area contributed by atoms with Gasteiger partial charge in [-0.05, 0) is 36.5 Å². The molecule has 1 aliphatic carbocycles. The lowest BCUT2D eigenvalue weighted by molar-refractivity contribution is -0.529. The van der Waals surface area contributed by atoms with Gasteiger partial charge in [-0.2, -0.15) is 4.58 Å². The van der Waals surface area contributed by atoms with Gasteiger partial charge in [0.05, 0.1) is 19.4 Å². The lowest BCUT2D eigenvalue weighted by Gasteiger charge is -2.24. The number of carbonyl (C=O) groups excluding carboxylic acids is 2. The van der Waals surface area contributed by atoms with Crippen LogP contribution in [0.2, 0.25) is 5.02 Å². The molecule has 1 fully saturated rings. The van der Waals surface area contributed by atoms with Gasteiger partial charge in [-0.1, -0.05) is 23.7 Å². The molecule has 0 amide bonds. The van der Waals surface area contributed by atoms with Crippen molar-refractivity contribution in [3.05, 3.63) is 40.9 Å². The zero-order valence-corrected chi connectivity index (χ0v) is 14.9. The average molecular weight is 363 g/mol. The molecule has 6 heteroatoms. The van der Waals surface area contributed by atoms with Gasteiger partial charge in [-0.25, -0.2) is 4.79 Å². The maximum absolute atomic E-state index is 12.6. The predicted molar refractivity (Wildman–Crippen MR) is 93.0 cm³/mol. The fourth-order valence-corrected chi connectivity index (χ4v) is 3.93. The second-order valence-corrected chi connectivity index (χ2v) is 6.87. The third kappa shape index (κ3) is 3.63. The van der Waals surface area contributed by atoms with Crippen LogP contribution in [0.15, 0.2) is 24.8 Å². The summed E-state index contributed by atoms with van der Waals surface area (Å²) in [6, 6.07) is 5.30. The highest BCUT2D eigenvalue weighted by atomic mass is 35.5. The van der Waals surface area contributed by atoms with Crippen molar-refractivity contribution in [1.82, 2.24) is 0 Å². The Kier molecular flexibility index (Phi) is 5.26. The van der Waals surface area contributed by atoms with Crippen molar-refractivity contribution in [2.75, 3.05) is 13.7 Å². The van der Waals surface area contributed by atoms with Crippen LogP contribution in [0.5, 0.6) is 0 Å². The van der Waals surface area contributed by atoms with E-state index in [1.807, 2.05) is 18.2 Å². The molecule has 1 saturated heterocycles. The van der Waals surface area contributed by atoms with Crippen molar-refractivity contribution in [3.8, 4) is 0 Å². The summed E-state index contributed by atoms with van der Waals surface area (Å²) in [6.45, 7) is 3.99. The van der Waals surface area contributed by atoms with E-state index in [1.165, 1.54) is 7.11 Å². The number of nitrogens with zero attached hydrogens (tertiary/aromatic N) is 1. The molecule has 0 aromatic heterocycles. The minimum absolute atomic E-state index is 0.177. The van der Waals surface area contributed by atoms with Gasteiger partial charge in [-0.15, -0.1) is 0 Å². The van der Waals surface area contributed by atoms with Crippen molar-refractivity contribution in [2.45, 2.75) is 37.8 Å². The molecule has 0 saturated carbocycles. The van der Waals surface area contributed by atoms with Crippen molar-refractivity contribution < 1.29 is 23.6 Å². The van der Waals surface area contributed by atoms with E-state index in [9.17, 15) is 9.59 Å². The molecule has 1 aromatic rings. The summed E-state index contributed by atoms with van der Waals surface area (Å²) in [5, 5.41) is 0.762. The molecule has 1 aliphatic heterocycles. The molecule has 3 rings (SSSR count). The Bertz CT molecular complexity index is 754. The Balaban J connectivity index is 1.64. The van der Waals surface area contributed by atoms with Crippen LogP contribution in [0.25, 0.3) is 0 Å². The molecule has 2 aliphatic rings. The maximum Gasteiger partial charge on any atom is 0.376 e. The third-order valence-corrected chi connectivity index (χ3v) is 5.33. The van der Waals surface area contributed by atoms with Crippen LogP contribution in [-0.2, 0) is 31.9 Å². The van der Waals surface area contributed by atoms with Crippen molar-refractivity contribution >= 4 is 29.4 Å². The summed E-state index contributed by atoms with van der Waals surface area (Å²) in [7, 11) is 1.34. The Hall–Kier alpha value is -2.10. The van der Waals surface area contributed by atoms with Crippen molar-refractivity contribution in [2.24, 2.45) is 5.92 Å². The van der Waals surface area contributed by atoms with Crippen LogP contribution in [-0.4, -0.2) is 48.2 Å². The molecule has 0 spiro atoms. The monoisotopic (exact) mass is 362 g/mol. The number of rotatable bonds is 3. The van der Waals surface area contributed by atoms with Crippen LogP contribution in [0.3, 0.4) is 0 Å². The molecule has 0 N–H and O–H groups in total. The Morgan fingerprint density at radius 2 is 2.16 bits per heavy atom. The van der Waals surface area contributed by atoms with Crippen LogP contribution in [0.4, 0.5) is 0 Å². The van der Waals surface area contributed by atoms with Gasteiger partial charge in [0.15, 0.2) is 18.5 Å². The lowest BCUT2D eigenvalue weighted by Crippen LogP contribution is -2.29. The van der Waals surface area contributed by atoms with E-state index in [-0.39, 0.29) is 24.0 Å². The van der Waals surface area contributed by atoms with Gasteiger partial charge in [-0.3, -0.25) is 4.79 Å². The van der Waals surface area contributed by atoms with Gasteiger partial charge in [0.2, 0.25) is 0 Å². The summed E-state index contributed by atoms with van der Waals surface area (Å²) in [5.41, 5.74) is 2.24. The average Bonchev–Trinajstić information content (AvgIpc) is 3.03. The second-order valence-electron chi connectivity index (χ2n) is 6.46. The molecule has 3 unspecified atom stereocenters. The Morgan fingerprint density at radius 3 is 2.88 bits per heavy atom. The van der Waals surface area contributed by atoms with E-state index in [1.54, 1.807) is 4.58 Å². The van der Waals surface area contributed by atoms with E-state index < -0.39 is 6.04 Å². The maximum atomic E-state index is 12.6. The number of methoxy groups -OCH3 is 1. The molecule has 3 atom stereocenters. The molecule has 1 aromatic carbocycles. The van der Waals surface area contributed by atoms with Gasteiger partial charge in [0.1, 0.15) is 0 Å². The van der Waals surface area contributed by atoms with E-state index in [0.717, 1.165) is 29.0 Å². The summed E-state index contributed by atoms with van der Waals surface area (Å²) < 4.78 is 12.1. The number of fused-ring (bicyclic) bond motifs is 1. The number of hydrogen-bond acceptors (Lipinski definition) is 4. The molecule has 25 heavy (non-hydrogen) atoms. The number of benzene rings is 1. The molecular formula is C19H21ClNO4+. The lowest BCUT2D eigenvalue weighted by atomic mass is 9.84. The van der Waals surface area contributed by atoms with E-state index in [2.05, 4.69) is 12.4 Å². The summed E-state index contributed by atoms with van der Waals surface area (Å²) in [5.74, 6) is 1.95. The van der Waals surface area contributed by atoms with E-state index >= 15 is 0 Å². The number of ether oxygens (including phenoxy) is 2. The van der Waals surface area contributed by atoms with Crippen LogP contribution in [0, 0.1) is 5.92 Å². The van der Waals surface area contributed by atoms with Crippen LogP contribution < -0.4 is 0 Å². The fourth-order valence-electron chi connectivity index (χ4n) is 3.64. The predicted octanol–water partition coefficient (Wildman–Crippen LogP) is 2.17. The fraction of sp³-hybridized carbons (Fsp3) is 0.474. The number of carbonyl (C=O) groups is 2. The van der Waals surface area contributed by atoms with Gasteiger partial charge < -0.3 is 9.47 Å². The van der Waals surface area contributed by atoms with E-state index in [0.29, 0.717) is 19.4 Å². The van der Waals surface area contributed by atoms with Crippen LogP contribution in [0.1, 0.15) is 24.0 Å². The first-order valence-corrected chi connectivity index (χ1v) is 8.75. The molecule has 0 bridgehead atoms. The summed E-state index contributed by atoms with van der Waals surface area (Å²) in [4.78, 5) is 24.4. The standard InChI is InChI=1S/C19H21ClNO4/c1-3-21-11-14(10-17(21)19(23)24-2)25-18(22)13-7-8-15-12(9-13)5-4-6-16(15)20/h4-6,13-14,17H,1,7-11H2,2H3/q+1. The topological polar surface area (TPSA) is 55.6 Å². The normalized spacial score (nSPS) is 25.0. The van der Waals surface area contributed by atoms with Crippen LogP contribution >= 0.6 is 11.6 Å². The largest absolute Gasteiger partial charge is 0.464 e. The van der Waals surface area contributed by atoms with E-state index in [4.69, 9.17) is 21.1 Å². The number of halogens is 1. The molecule has 1 heterocycles. The van der Waals surface area contributed by atoms with Gasteiger partial charge in [0, 0.05) is 11.6 Å². The third-order valence-electron chi connectivity index (χ3n) is 4.98. The second kappa shape index (κ2) is 7.42. The number of esters is 2. The zero-order valence-electron chi connectivity index (χ0n) is 14.2. The quantitative estimate of drug-likeness (QED) is 0.611. The Morgan fingerprint density at radius 1 is 1.36 bits per heavy atom. The van der Waals surface area contributed by atoms with Gasteiger partial charge in [0.25, 0.3) is 6.04 Å². The summed E-state index contributed by atoms with van der Waals surface area (Å²) >= 11 is 6.22. The first kappa shape index (κ1) is 17.7. The zero-order chi connectivity index (χ0) is 18.0. The number of hydrogen-bond donors (Lipinski definition) is 0. The Labute approximate surface area is 151 Å². The SMILES string of the molecule is C=C=[N+]1CC(OC(=O)C2CCc3c(Cl)cccc3C2)CC1C(=O)OC. The first-order chi connectivity index (χ1) is 12.0.